The first-order valence-electron chi connectivity index (χ1n) is 9.57. The van der Waals surface area contributed by atoms with E-state index in [1.165, 1.54) is 0 Å². The molecule has 10 heteroatoms. The summed E-state index contributed by atoms with van der Waals surface area (Å²) in [6.45, 7) is 2.06. The Morgan fingerprint density at radius 2 is 2.10 bits per heavy atom. The predicted molar refractivity (Wildman–Crippen MR) is 105 cm³/mol. The number of hydrogen-bond acceptors (Lipinski definition) is 8. The average Bonchev–Trinajstić information content (AvgIpc) is 3.16. The highest BCUT2D eigenvalue weighted by Crippen LogP contribution is 2.42. The first-order chi connectivity index (χ1) is 13.9. The molecular formula is C19H26N6O4. The van der Waals surface area contributed by atoms with Crippen LogP contribution in [0.4, 0.5) is 5.95 Å². The fourth-order valence-electron chi connectivity index (χ4n) is 3.85. The zero-order chi connectivity index (χ0) is 20.9. The van der Waals surface area contributed by atoms with E-state index < -0.39 is 5.92 Å². The van der Waals surface area contributed by atoms with Crippen LogP contribution < -0.4 is 15.6 Å². The molecule has 3 N–H and O–H groups in total. The number of carbonyl (C=O) groups excluding carboxylic acids is 2. The summed E-state index contributed by atoms with van der Waals surface area (Å²) in [6, 6.07) is 5.21. The lowest BCUT2D eigenvalue weighted by Crippen LogP contribution is -2.42. The summed E-state index contributed by atoms with van der Waals surface area (Å²) in [5, 5.41) is 18.1. The molecule has 0 aliphatic heterocycles. The molecule has 1 saturated carbocycles. The number of ether oxygens (including phenoxy) is 1. The summed E-state index contributed by atoms with van der Waals surface area (Å²) in [4.78, 5) is 27.9. The van der Waals surface area contributed by atoms with Gasteiger partial charge in [0.05, 0.1) is 25.1 Å². The number of methoxy groups -OCH3 is 1. The van der Waals surface area contributed by atoms with Gasteiger partial charge in [-0.3, -0.25) is 25.6 Å². The first-order valence-corrected chi connectivity index (χ1v) is 9.57. The number of hydrazine groups is 1. The molecule has 1 aliphatic rings. The van der Waals surface area contributed by atoms with Crippen molar-refractivity contribution in [3.63, 3.8) is 0 Å². The van der Waals surface area contributed by atoms with Crippen LogP contribution in [0.1, 0.15) is 39.0 Å². The Morgan fingerprint density at radius 1 is 1.34 bits per heavy atom. The Bertz CT molecular complexity index is 871. The normalized spacial score (nSPS) is 16.2. The van der Waals surface area contributed by atoms with Crippen LogP contribution in [-0.2, 0) is 9.59 Å². The Balaban J connectivity index is 1.66. The van der Waals surface area contributed by atoms with Crippen LogP contribution in [0, 0.1) is 11.3 Å². The number of amides is 2. The summed E-state index contributed by atoms with van der Waals surface area (Å²) >= 11 is 0. The van der Waals surface area contributed by atoms with Crippen molar-refractivity contribution in [2.75, 3.05) is 19.1 Å². The van der Waals surface area contributed by atoms with Crippen molar-refractivity contribution in [2.45, 2.75) is 39.0 Å². The van der Waals surface area contributed by atoms with Gasteiger partial charge in [-0.2, -0.15) is 0 Å². The molecule has 1 atom stereocenters. The van der Waals surface area contributed by atoms with Crippen LogP contribution in [0.2, 0.25) is 0 Å². The fourth-order valence-corrected chi connectivity index (χ4v) is 3.85. The number of anilines is 1. The molecule has 0 spiro atoms. The number of benzene rings is 1. The predicted octanol–water partition coefficient (Wildman–Crippen LogP) is 1.91. The molecule has 1 aromatic carbocycles. The number of carbonyl (C=O) groups is 2. The minimum Gasteiger partial charge on any atom is -0.497 e. The fraction of sp³-hybridized carbons (Fsp3) is 0.526. The lowest BCUT2D eigenvalue weighted by atomic mass is 9.79. The number of nitrogens with one attached hydrogen (secondary N) is 2. The second-order valence-electron chi connectivity index (χ2n) is 7.75. The van der Waals surface area contributed by atoms with E-state index >= 15 is 0 Å². The van der Waals surface area contributed by atoms with E-state index in [1.54, 1.807) is 25.3 Å². The van der Waals surface area contributed by atoms with Gasteiger partial charge in [0.2, 0.25) is 12.3 Å². The number of fused-ring (bicyclic) bond motifs is 1. The molecular weight excluding hydrogens is 376 g/mol. The molecule has 156 valence electrons. The van der Waals surface area contributed by atoms with E-state index in [4.69, 9.17) is 4.74 Å². The van der Waals surface area contributed by atoms with Gasteiger partial charge in [0.15, 0.2) is 0 Å². The van der Waals surface area contributed by atoms with Gasteiger partial charge in [-0.25, -0.2) is 10.0 Å². The molecule has 1 aromatic heterocycles. The van der Waals surface area contributed by atoms with Gasteiger partial charge in [0.1, 0.15) is 11.3 Å². The number of nitrogens with zero attached hydrogens (tertiary/aromatic N) is 4. The smallest absolute Gasteiger partial charge is 0.262 e. The third-order valence-corrected chi connectivity index (χ3v) is 5.41. The monoisotopic (exact) mass is 402 g/mol. The van der Waals surface area contributed by atoms with Crippen LogP contribution in [0.15, 0.2) is 18.2 Å². The van der Waals surface area contributed by atoms with Crippen LogP contribution in [0.5, 0.6) is 5.75 Å². The number of hydroxylamine groups is 2. The van der Waals surface area contributed by atoms with Crippen LogP contribution in [0.25, 0.3) is 11.0 Å². The van der Waals surface area contributed by atoms with Gasteiger partial charge in [-0.1, -0.05) is 19.8 Å². The van der Waals surface area contributed by atoms with Crippen LogP contribution in [0.3, 0.4) is 0 Å². The molecule has 29 heavy (non-hydrogen) atoms. The van der Waals surface area contributed by atoms with E-state index in [1.807, 2.05) is 0 Å². The highest BCUT2D eigenvalue weighted by Gasteiger charge is 2.35. The minimum atomic E-state index is -0.571. The maximum atomic E-state index is 12.7. The third-order valence-electron chi connectivity index (χ3n) is 5.41. The lowest BCUT2D eigenvalue weighted by Gasteiger charge is -2.29. The molecule has 3 rings (SSSR count). The number of rotatable bonds is 9. The van der Waals surface area contributed by atoms with E-state index in [0.29, 0.717) is 34.7 Å². The Hall–Kier alpha value is -3.01. The van der Waals surface area contributed by atoms with Crippen LogP contribution in [-0.4, -0.2) is 51.4 Å². The van der Waals surface area contributed by atoms with Gasteiger partial charge in [-0.05, 0) is 36.8 Å². The van der Waals surface area contributed by atoms with Gasteiger partial charge in [0, 0.05) is 6.07 Å². The van der Waals surface area contributed by atoms with Gasteiger partial charge >= 0.3 is 0 Å². The molecule has 0 bridgehead atoms. The maximum absolute atomic E-state index is 12.7. The molecule has 0 radical (unpaired) electrons. The van der Waals surface area contributed by atoms with E-state index in [0.717, 1.165) is 25.7 Å². The largest absolute Gasteiger partial charge is 0.497 e. The van der Waals surface area contributed by atoms with Gasteiger partial charge in [0.25, 0.3) is 5.95 Å². The molecule has 1 heterocycles. The van der Waals surface area contributed by atoms with E-state index in [-0.39, 0.29) is 23.8 Å². The van der Waals surface area contributed by atoms with Crippen LogP contribution >= 0.6 is 0 Å². The average molecular weight is 402 g/mol. The third kappa shape index (κ3) is 5.29. The molecule has 2 amide bonds. The second-order valence-corrected chi connectivity index (χ2v) is 7.75. The maximum Gasteiger partial charge on any atom is 0.262 e. The van der Waals surface area contributed by atoms with E-state index in [2.05, 4.69) is 33.0 Å². The summed E-state index contributed by atoms with van der Waals surface area (Å²) < 4.78 is 5.14. The summed E-state index contributed by atoms with van der Waals surface area (Å²) in [6.07, 6.45) is 5.18. The lowest BCUT2D eigenvalue weighted by molar-refractivity contribution is -0.155. The molecule has 10 nitrogen and oxygen atoms in total. The molecule has 0 saturated heterocycles. The number of hydrogen-bond donors (Lipinski definition) is 3. The van der Waals surface area contributed by atoms with Crippen molar-refractivity contribution in [1.82, 2.24) is 25.7 Å². The topological polar surface area (TPSA) is 130 Å². The van der Waals surface area contributed by atoms with Crippen molar-refractivity contribution in [2.24, 2.45) is 11.3 Å². The molecule has 1 aliphatic carbocycles. The first kappa shape index (κ1) is 20.7. The second kappa shape index (κ2) is 8.99. The standard InChI is InChI=1S/C19H26N6O4/c1-19(7-3-4-8-19)10-13(11-25(28)12-26)17(27)22-24-18-20-15-6-5-14(29-2)9-16(15)21-23-18/h5-6,9,12-13,28H,3-4,7-8,10-11H2,1-2H3,(H,22,27)(H,20,23,24). The van der Waals surface area contributed by atoms with Gasteiger partial charge in [-0.15, -0.1) is 10.2 Å². The van der Waals surface area contributed by atoms with Crippen molar-refractivity contribution < 1.29 is 19.5 Å². The van der Waals surface area contributed by atoms with Crippen molar-refractivity contribution >= 4 is 29.3 Å². The summed E-state index contributed by atoms with van der Waals surface area (Å²) in [7, 11) is 1.56. The molecule has 2 aromatic rings. The molecule has 1 unspecified atom stereocenters. The SMILES string of the molecule is COc1ccc2nc(NNC(=O)C(CN(O)C=O)CC3(C)CCCC3)nnc2c1. The van der Waals surface area contributed by atoms with Crippen molar-refractivity contribution in [3.8, 4) is 5.75 Å². The summed E-state index contributed by atoms with van der Waals surface area (Å²) in [5.41, 5.74) is 6.42. The van der Waals surface area contributed by atoms with E-state index in [9.17, 15) is 14.8 Å². The summed E-state index contributed by atoms with van der Waals surface area (Å²) in [5.74, 6) is -0.136. The Kier molecular flexibility index (Phi) is 6.42. The Labute approximate surface area is 168 Å². The zero-order valence-corrected chi connectivity index (χ0v) is 16.6. The zero-order valence-electron chi connectivity index (χ0n) is 16.6. The number of aromatic nitrogens is 3. The highest BCUT2D eigenvalue weighted by atomic mass is 16.5. The van der Waals surface area contributed by atoms with Crippen molar-refractivity contribution in [3.05, 3.63) is 18.2 Å². The van der Waals surface area contributed by atoms with Crippen molar-refractivity contribution in [1.29, 1.82) is 0 Å². The molecule has 1 fully saturated rings. The quantitative estimate of drug-likeness (QED) is 0.329. The Morgan fingerprint density at radius 3 is 2.79 bits per heavy atom. The minimum absolute atomic E-state index is 0.0196. The van der Waals surface area contributed by atoms with Gasteiger partial charge < -0.3 is 4.74 Å². The highest BCUT2D eigenvalue weighted by molar-refractivity contribution is 5.80.